The average Bonchev–Trinajstić information content (AvgIpc) is 2.38. The maximum Gasteiger partial charge on any atom is 0.104 e. The molecule has 22 heavy (non-hydrogen) atoms. The van der Waals surface area contributed by atoms with Gasteiger partial charge in [0.2, 0.25) is 0 Å². The molecule has 126 valence electrons. The van der Waals surface area contributed by atoms with Crippen LogP contribution in [0.3, 0.4) is 0 Å². The van der Waals surface area contributed by atoms with Crippen molar-refractivity contribution < 1.29 is 4.39 Å². The summed E-state index contributed by atoms with van der Waals surface area (Å²) < 4.78 is 14.8. The van der Waals surface area contributed by atoms with Crippen LogP contribution in [-0.4, -0.2) is 0 Å². The van der Waals surface area contributed by atoms with Crippen molar-refractivity contribution in [3.05, 3.63) is 47.9 Å². The summed E-state index contributed by atoms with van der Waals surface area (Å²) in [5.74, 6) is -0.196. The molecule has 0 N–H and O–H groups in total. The van der Waals surface area contributed by atoms with E-state index < -0.39 is 0 Å². The molecule has 0 aromatic rings. The van der Waals surface area contributed by atoms with Gasteiger partial charge >= 0.3 is 0 Å². The zero-order chi connectivity index (χ0) is 17.6. The molecule has 1 heteroatoms. The Hall–Kier alpha value is -1.11. The zero-order valence-electron chi connectivity index (χ0n) is 15.9. The quantitative estimate of drug-likeness (QED) is 0.339. The van der Waals surface area contributed by atoms with Crippen LogP contribution in [0.1, 0.15) is 68.2 Å². The number of hydrogen-bond donors (Lipinski definition) is 0. The summed E-state index contributed by atoms with van der Waals surface area (Å²) in [5.41, 5.74) is 2.21. The third kappa shape index (κ3) is 6.34. The first-order chi connectivity index (χ1) is 9.93. The normalized spacial score (nSPS) is 15.0. The first-order valence-corrected chi connectivity index (χ1v) is 8.21. The van der Waals surface area contributed by atoms with Crippen molar-refractivity contribution in [1.82, 2.24) is 0 Å². The number of rotatable bonds is 7. The Balaban J connectivity index is 5.45. The van der Waals surface area contributed by atoms with Gasteiger partial charge in [-0.15, -0.1) is 0 Å². The van der Waals surface area contributed by atoms with Gasteiger partial charge < -0.3 is 0 Å². The van der Waals surface area contributed by atoms with Crippen molar-refractivity contribution in [2.45, 2.75) is 68.2 Å². The molecule has 0 spiro atoms. The maximum atomic E-state index is 14.8. The smallest absolute Gasteiger partial charge is 0.104 e. The molecular weight excluding hydrogens is 271 g/mol. The SMILES string of the molecule is C=C(CC=C(C)C)CC(/C(F)=C\C=C/C)C(C)(C)C(C)(C)C. The van der Waals surface area contributed by atoms with Gasteiger partial charge in [-0.3, -0.25) is 0 Å². The van der Waals surface area contributed by atoms with Crippen LogP contribution in [0.2, 0.25) is 0 Å². The molecule has 0 fully saturated rings. The van der Waals surface area contributed by atoms with E-state index in [2.05, 4.69) is 61.1 Å². The molecule has 0 amide bonds. The Morgan fingerprint density at radius 1 is 1.14 bits per heavy atom. The lowest BCUT2D eigenvalue weighted by atomic mass is 9.60. The van der Waals surface area contributed by atoms with Gasteiger partial charge in [-0.05, 0) is 50.5 Å². The molecule has 0 heterocycles. The average molecular weight is 307 g/mol. The van der Waals surface area contributed by atoms with E-state index in [0.717, 1.165) is 12.0 Å². The summed E-state index contributed by atoms with van der Waals surface area (Å²) >= 11 is 0. The lowest BCUT2D eigenvalue weighted by Crippen LogP contribution is -2.37. The van der Waals surface area contributed by atoms with Gasteiger partial charge in [0, 0.05) is 5.92 Å². The van der Waals surface area contributed by atoms with Gasteiger partial charge in [0.25, 0.3) is 0 Å². The molecule has 0 saturated carbocycles. The molecule has 0 aliphatic rings. The molecule has 1 unspecified atom stereocenters. The highest BCUT2D eigenvalue weighted by Crippen LogP contribution is 2.49. The summed E-state index contributed by atoms with van der Waals surface area (Å²) in [6.07, 6.45) is 8.92. The van der Waals surface area contributed by atoms with E-state index in [-0.39, 0.29) is 22.6 Å². The second-order valence-corrected chi connectivity index (χ2v) is 8.04. The van der Waals surface area contributed by atoms with E-state index in [0.29, 0.717) is 6.42 Å². The van der Waals surface area contributed by atoms with E-state index in [1.807, 2.05) is 13.0 Å². The fourth-order valence-corrected chi connectivity index (χ4v) is 2.24. The van der Waals surface area contributed by atoms with Gasteiger partial charge in [-0.2, -0.15) is 0 Å². The predicted molar refractivity (Wildman–Crippen MR) is 98.5 cm³/mol. The Morgan fingerprint density at radius 3 is 2.09 bits per heavy atom. The van der Waals surface area contributed by atoms with Gasteiger partial charge in [0.1, 0.15) is 5.83 Å². The first kappa shape index (κ1) is 20.9. The first-order valence-electron chi connectivity index (χ1n) is 8.21. The van der Waals surface area contributed by atoms with Gasteiger partial charge in [-0.1, -0.05) is 70.6 Å². The predicted octanol–water partition coefficient (Wildman–Crippen LogP) is 7.41. The summed E-state index contributed by atoms with van der Waals surface area (Å²) in [6, 6.07) is 0. The van der Waals surface area contributed by atoms with Crippen molar-refractivity contribution in [1.29, 1.82) is 0 Å². The lowest BCUT2D eigenvalue weighted by molar-refractivity contribution is 0.0612. The Kier molecular flexibility index (Phi) is 8.07. The van der Waals surface area contributed by atoms with Crippen molar-refractivity contribution in [2.24, 2.45) is 16.7 Å². The van der Waals surface area contributed by atoms with Crippen molar-refractivity contribution in [2.75, 3.05) is 0 Å². The zero-order valence-corrected chi connectivity index (χ0v) is 15.9. The molecule has 0 aromatic heterocycles. The minimum Gasteiger partial charge on any atom is -0.211 e. The van der Waals surface area contributed by atoms with Crippen LogP contribution in [-0.2, 0) is 0 Å². The number of allylic oxidation sites excluding steroid dienone is 7. The third-order valence-electron chi connectivity index (χ3n) is 4.88. The largest absolute Gasteiger partial charge is 0.211 e. The van der Waals surface area contributed by atoms with Gasteiger partial charge in [0.05, 0.1) is 0 Å². The highest BCUT2D eigenvalue weighted by atomic mass is 19.1. The summed E-state index contributed by atoms with van der Waals surface area (Å²) in [6.45, 7) is 21.1. The van der Waals surface area contributed by atoms with E-state index in [1.54, 1.807) is 12.2 Å². The van der Waals surface area contributed by atoms with E-state index in [9.17, 15) is 4.39 Å². The topological polar surface area (TPSA) is 0 Å². The lowest BCUT2D eigenvalue weighted by Gasteiger charge is -2.45. The van der Waals surface area contributed by atoms with Crippen LogP contribution >= 0.6 is 0 Å². The van der Waals surface area contributed by atoms with E-state index >= 15 is 0 Å². The molecule has 0 nitrogen and oxygen atoms in total. The van der Waals surface area contributed by atoms with Crippen LogP contribution in [0.4, 0.5) is 4.39 Å². The van der Waals surface area contributed by atoms with Gasteiger partial charge in [-0.25, -0.2) is 4.39 Å². The second-order valence-electron chi connectivity index (χ2n) is 8.04. The molecule has 0 aliphatic heterocycles. The maximum absolute atomic E-state index is 14.8. The second kappa shape index (κ2) is 8.50. The molecule has 0 radical (unpaired) electrons. The summed E-state index contributed by atoms with van der Waals surface area (Å²) in [4.78, 5) is 0. The molecular formula is C21H35F. The highest BCUT2D eigenvalue weighted by Gasteiger charge is 2.41. The summed E-state index contributed by atoms with van der Waals surface area (Å²) in [5, 5.41) is 0. The number of hydrogen-bond acceptors (Lipinski definition) is 0. The van der Waals surface area contributed by atoms with E-state index in [4.69, 9.17) is 0 Å². The van der Waals surface area contributed by atoms with Crippen LogP contribution in [0.25, 0.3) is 0 Å². The Bertz CT molecular complexity index is 449. The molecule has 0 saturated heterocycles. The minimum absolute atomic E-state index is 0.00949. The van der Waals surface area contributed by atoms with Crippen LogP contribution in [0.15, 0.2) is 47.9 Å². The van der Waals surface area contributed by atoms with Crippen molar-refractivity contribution in [3.8, 4) is 0 Å². The van der Waals surface area contributed by atoms with Crippen LogP contribution in [0.5, 0.6) is 0 Å². The third-order valence-corrected chi connectivity index (χ3v) is 4.88. The molecule has 0 aromatic carbocycles. The Labute approximate surface area is 137 Å². The standard InChI is InChI=1S/C21H35F/c1-10-11-12-19(22)18(21(8,9)20(5,6)7)15-17(4)14-13-16(2)3/h10-13,18H,4,14-15H2,1-3,5-9H3/b11-10-,19-12+. The van der Waals surface area contributed by atoms with Crippen molar-refractivity contribution in [3.63, 3.8) is 0 Å². The van der Waals surface area contributed by atoms with Crippen LogP contribution < -0.4 is 0 Å². The Morgan fingerprint density at radius 2 is 1.68 bits per heavy atom. The molecule has 0 rings (SSSR count). The van der Waals surface area contributed by atoms with E-state index in [1.165, 1.54) is 5.57 Å². The highest BCUT2D eigenvalue weighted by molar-refractivity contribution is 5.17. The van der Waals surface area contributed by atoms with Gasteiger partial charge in [0.15, 0.2) is 0 Å². The minimum atomic E-state index is -0.164. The monoisotopic (exact) mass is 306 g/mol. The molecule has 0 aliphatic carbocycles. The molecule has 1 atom stereocenters. The van der Waals surface area contributed by atoms with Crippen molar-refractivity contribution >= 4 is 0 Å². The number of halogens is 1. The van der Waals surface area contributed by atoms with Crippen LogP contribution in [0, 0.1) is 16.7 Å². The fraction of sp³-hybridized carbons (Fsp3) is 0.619. The summed E-state index contributed by atoms with van der Waals surface area (Å²) in [7, 11) is 0. The fourth-order valence-electron chi connectivity index (χ4n) is 2.24. The molecule has 0 bridgehead atoms.